The number of phenolic OH excluding ortho intramolecular Hbond substituents is 1. The van der Waals surface area contributed by atoms with Crippen molar-refractivity contribution in [3.63, 3.8) is 0 Å². The fraction of sp³-hybridized carbons (Fsp3) is 0.344. The summed E-state index contributed by atoms with van der Waals surface area (Å²) in [5, 5.41) is 9.74. The Labute approximate surface area is 266 Å². The molecule has 10 nitrogen and oxygen atoms in total. The lowest BCUT2D eigenvalue weighted by atomic mass is 10.0. The summed E-state index contributed by atoms with van der Waals surface area (Å²) in [6.45, 7) is -1.80. The summed E-state index contributed by atoms with van der Waals surface area (Å²) in [5.41, 5.74) is -0.240. The Hall–Kier alpha value is -4.65. The molecule has 1 saturated heterocycles. The predicted molar refractivity (Wildman–Crippen MR) is 164 cm³/mol. The number of benzene rings is 3. The van der Waals surface area contributed by atoms with E-state index in [1.807, 2.05) is 0 Å². The number of likely N-dealkylation sites (tertiary alicyclic amines) is 1. The molecule has 0 aliphatic carbocycles. The summed E-state index contributed by atoms with van der Waals surface area (Å²) in [5.74, 6) is -0.868. The number of methoxy groups -OCH3 is 1. The molecule has 1 aromatic heterocycles. The van der Waals surface area contributed by atoms with Gasteiger partial charge >= 0.3 is 5.69 Å². The van der Waals surface area contributed by atoms with E-state index in [4.69, 9.17) is 25.8 Å². The topological polar surface area (TPSA) is 112 Å². The van der Waals surface area contributed by atoms with Gasteiger partial charge in [0.15, 0.2) is 29.2 Å². The molecular weight excluding hydrogens is 631 g/mol. The zero-order valence-electron chi connectivity index (χ0n) is 24.8. The number of nitrogens with zero attached hydrogens (tertiary/aromatic N) is 3. The number of rotatable bonds is 12. The van der Waals surface area contributed by atoms with Gasteiger partial charge in [-0.3, -0.25) is 18.7 Å². The van der Waals surface area contributed by atoms with Crippen molar-refractivity contribution < 1.29 is 37.3 Å². The molecule has 46 heavy (non-hydrogen) atoms. The Kier molecular flexibility index (Phi) is 10.1. The first-order chi connectivity index (χ1) is 22.2. The van der Waals surface area contributed by atoms with Gasteiger partial charge in [0.2, 0.25) is 6.41 Å². The molecule has 1 fully saturated rings. The maximum Gasteiger partial charge on any atom is 0.332 e. The van der Waals surface area contributed by atoms with Crippen molar-refractivity contribution >= 4 is 28.9 Å². The van der Waals surface area contributed by atoms with Crippen molar-refractivity contribution in [3.05, 3.63) is 91.3 Å². The minimum atomic E-state index is -1.56. The third-order valence-corrected chi connectivity index (χ3v) is 8.15. The van der Waals surface area contributed by atoms with Crippen LogP contribution < -0.4 is 25.5 Å². The van der Waals surface area contributed by atoms with E-state index < -0.39 is 48.3 Å². The molecule has 0 atom stereocenters. The maximum atomic E-state index is 15.2. The van der Waals surface area contributed by atoms with Crippen molar-refractivity contribution in [1.82, 2.24) is 14.0 Å². The Morgan fingerprint density at radius 3 is 2.37 bits per heavy atom. The SMILES string of the molecule is COc1cc(Cn2c(=O)c3cc(OC(CF)CF)c(F)cc3n(C3CCN(C=O)CC3)c2=O)ccc1OCc1ccc(O)c(Cl)c1. The van der Waals surface area contributed by atoms with E-state index in [-0.39, 0.29) is 34.8 Å². The van der Waals surface area contributed by atoms with E-state index in [0.29, 0.717) is 55.0 Å². The molecule has 0 saturated carbocycles. The fourth-order valence-corrected chi connectivity index (χ4v) is 5.61. The summed E-state index contributed by atoms with van der Waals surface area (Å²) in [6, 6.07) is 11.1. The van der Waals surface area contributed by atoms with Gasteiger partial charge in [0.25, 0.3) is 5.56 Å². The first-order valence-electron chi connectivity index (χ1n) is 14.4. The Morgan fingerprint density at radius 1 is 1.00 bits per heavy atom. The van der Waals surface area contributed by atoms with Gasteiger partial charge < -0.3 is 24.2 Å². The highest BCUT2D eigenvalue weighted by Crippen LogP contribution is 2.31. The second-order valence-electron chi connectivity index (χ2n) is 10.8. The molecule has 4 aromatic rings. The number of aromatic hydroxyl groups is 1. The highest BCUT2D eigenvalue weighted by atomic mass is 35.5. The number of halogens is 4. The van der Waals surface area contributed by atoms with E-state index in [2.05, 4.69) is 0 Å². The number of hydrogen-bond acceptors (Lipinski definition) is 7. The predicted octanol–water partition coefficient (Wildman–Crippen LogP) is 4.78. The summed E-state index contributed by atoms with van der Waals surface area (Å²) < 4.78 is 60.4. The van der Waals surface area contributed by atoms with Crippen LogP contribution in [0.2, 0.25) is 5.02 Å². The monoisotopic (exact) mass is 661 g/mol. The van der Waals surface area contributed by atoms with Crippen LogP contribution in [-0.2, 0) is 17.9 Å². The van der Waals surface area contributed by atoms with Gasteiger partial charge in [0.1, 0.15) is 25.7 Å². The quantitative estimate of drug-likeness (QED) is 0.218. The van der Waals surface area contributed by atoms with Crippen molar-refractivity contribution in [2.45, 2.75) is 38.1 Å². The standard InChI is InChI=1S/C32H31ClF3N3O7/c1-44-30-11-19(3-5-28(30)45-17-20-2-4-27(41)24(33)10-20)16-38-31(42)23-12-29(46-22(14-34)15-35)25(36)13-26(23)39(32(38)43)21-6-8-37(18-40)9-7-21/h2-5,10-13,18,21-22,41H,6-9,14-17H2,1H3. The number of alkyl halides is 2. The molecule has 5 rings (SSSR count). The first-order valence-corrected chi connectivity index (χ1v) is 14.8. The van der Waals surface area contributed by atoms with Crippen molar-refractivity contribution in [3.8, 4) is 23.0 Å². The van der Waals surface area contributed by atoms with Crippen LogP contribution >= 0.6 is 11.6 Å². The number of piperidine rings is 1. The van der Waals surface area contributed by atoms with Crippen molar-refractivity contribution in [1.29, 1.82) is 0 Å². The van der Waals surface area contributed by atoms with E-state index in [1.54, 1.807) is 35.2 Å². The van der Waals surface area contributed by atoms with Crippen LogP contribution in [0.15, 0.2) is 58.1 Å². The van der Waals surface area contributed by atoms with Gasteiger partial charge in [-0.2, -0.15) is 0 Å². The summed E-state index contributed by atoms with van der Waals surface area (Å²) >= 11 is 5.98. The normalized spacial score (nSPS) is 13.7. The zero-order chi connectivity index (χ0) is 33.0. The van der Waals surface area contributed by atoms with E-state index in [1.165, 1.54) is 17.7 Å². The molecule has 1 amide bonds. The molecule has 1 aliphatic rings. The van der Waals surface area contributed by atoms with Crippen LogP contribution in [-0.4, -0.2) is 65.2 Å². The third-order valence-electron chi connectivity index (χ3n) is 7.85. The Bertz CT molecular complexity index is 1850. The van der Waals surface area contributed by atoms with Gasteiger partial charge in [-0.05, 0) is 54.3 Å². The van der Waals surface area contributed by atoms with E-state index in [9.17, 15) is 28.3 Å². The number of carbonyl (C=O) groups is 1. The molecule has 14 heteroatoms. The molecule has 0 radical (unpaired) electrons. The summed E-state index contributed by atoms with van der Waals surface area (Å²) in [4.78, 5) is 40.6. The number of amides is 1. The van der Waals surface area contributed by atoms with Crippen LogP contribution in [0.4, 0.5) is 13.2 Å². The number of carbonyl (C=O) groups excluding carboxylic acids is 1. The molecule has 0 bridgehead atoms. The lowest BCUT2D eigenvalue weighted by Gasteiger charge is -2.31. The lowest BCUT2D eigenvalue weighted by Crippen LogP contribution is -2.44. The van der Waals surface area contributed by atoms with Gasteiger partial charge in [0, 0.05) is 25.2 Å². The molecule has 2 heterocycles. The summed E-state index contributed by atoms with van der Waals surface area (Å²) in [7, 11) is 1.43. The van der Waals surface area contributed by atoms with Gasteiger partial charge in [-0.15, -0.1) is 0 Å². The molecule has 0 unspecified atom stereocenters. The highest BCUT2D eigenvalue weighted by Gasteiger charge is 2.26. The van der Waals surface area contributed by atoms with Crippen LogP contribution in [0, 0.1) is 5.82 Å². The molecule has 244 valence electrons. The number of fused-ring (bicyclic) bond motifs is 1. The molecule has 0 spiro atoms. The average molecular weight is 662 g/mol. The van der Waals surface area contributed by atoms with Crippen molar-refractivity contribution in [2.24, 2.45) is 0 Å². The van der Waals surface area contributed by atoms with E-state index in [0.717, 1.165) is 16.7 Å². The first kappa shape index (κ1) is 32.7. The number of ether oxygens (including phenoxy) is 3. The number of aromatic nitrogens is 2. The van der Waals surface area contributed by atoms with Gasteiger partial charge in [0.05, 0.1) is 29.6 Å². The minimum absolute atomic E-state index is 0.00774. The van der Waals surface area contributed by atoms with Gasteiger partial charge in [-0.25, -0.2) is 18.0 Å². The minimum Gasteiger partial charge on any atom is -0.506 e. The van der Waals surface area contributed by atoms with Crippen LogP contribution in [0.1, 0.15) is 30.0 Å². The van der Waals surface area contributed by atoms with Crippen LogP contribution in [0.3, 0.4) is 0 Å². The van der Waals surface area contributed by atoms with Crippen LogP contribution in [0.5, 0.6) is 23.0 Å². The molecule has 1 N–H and O–H groups in total. The molecular formula is C32H31ClF3N3O7. The Balaban J connectivity index is 1.54. The molecule has 3 aromatic carbocycles. The highest BCUT2D eigenvalue weighted by molar-refractivity contribution is 6.32. The largest absolute Gasteiger partial charge is 0.506 e. The number of phenols is 1. The average Bonchev–Trinajstić information content (AvgIpc) is 3.07. The lowest BCUT2D eigenvalue weighted by molar-refractivity contribution is -0.119. The van der Waals surface area contributed by atoms with E-state index >= 15 is 4.39 Å². The smallest absolute Gasteiger partial charge is 0.332 e. The molecule has 1 aliphatic heterocycles. The Morgan fingerprint density at radius 2 is 1.72 bits per heavy atom. The third kappa shape index (κ3) is 6.79. The second kappa shape index (κ2) is 14.2. The maximum absolute atomic E-state index is 15.2. The van der Waals surface area contributed by atoms with Crippen molar-refractivity contribution in [2.75, 3.05) is 33.5 Å². The van der Waals surface area contributed by atoms with Gasteiger partial charge in [-0.1, -0.05) is 23.7 Å². The van der Waals surface area contributed by atoms with Crippen LogP contribution in [0.25, 0.3) is 10.9 Å². The zero-order valence-corrected chi connectivity index (χ0v) is 25.5. The second-order valence-corrected chi connectivity index (χ2v) is 11.2. The fourth-order valence-electron chi connectivity index (χ4n) is 5.41. The summed E-state index contributed by atoms with van der Waals surface area (Å²) in [6.07, 6.45) is -0.0893. The number of hydrogen-bond donors (Lipinski definition) is 1.